The lowest BCUT2D eigenvalue weighted by Crippen LogP contribution is -2.04. The summed E-state index contributed by atoms with van der Waals surface area (Å²) in [7, 11) is 0. The molecule has 0 aromatic carbocycles. The molecule has 92 valence electrons. The van der Waals surface area contributed by atoms with Crippen molar-refractivity contribution >= 4 is 6.29 Å². The molecule has 0 amide bonds. The summed E-state index contributed by atoms with van der Waals surface area (Å²) in [6.45, 7) is 0. The molecule has 2 rings (SSSR count). The third kappa shape index (κ3) is 3.95. The number of pyridine rings is 1. The van der Waals surface area contributed by atoms with Crippen LogP contribution in [0.2, 0.25) is 0 Å². The minimum atomic E-state index is 0.645. The topological polar surface area (TPSA) is 30.0 Å². The van der Waals surface area contributed by atoms with Crippen LogP contribution in [-0.4, -0.2) is 11.3 Å². The molecule has 0 spiro atoms. The second-order valence-electron chi connectivity index (χ2n) is 5.21. The molecule has 1 heterocycles. The van der Waals surface area contributed by atoms with Crippen molar-refractivity contribution in [3.63, 3.8) is 0 Å². The van der Waals surface area contributed by atoms with Crippen LogP contribution >= 0.6 is 0 Å². The van der Waals surface area contributed by atoms with Crippen LogP contribution in [0.4, 0.5) is 0 Å². The molecular weight excluding hydrogens is 210 g/mol. The SMILES string of the molecule is O=CCC1CCCC(Cc2cccnc2)CC1. The maximum atomic E-state index is 10.5. The van der Waals surface area contributed by atoms with E-state index in [1.54, 1.807) is 0 Å². The first-order chi connectivity index (χ1) is 8.38. The summed E-state index contributed by atoms with van der Waals surface area (Å²) >= 11 is 0. The summed E-state index contributed by atoms with van der Waals surface area (Å²) in [6, 6.07) is 4.18. The summed E-state index contributed by atoms with van der Waals surface area (Å²) in [6.07, 6.45) is 13.1. The fraction of sp³-hybridized carbons (Fsp3) is 0.600. The zero-order valence-corrected chi connectivity index (χ0v) is 10.3. The Morgan fingerprint density at radius 1 is 1.24 bits per heavy atom. The zero-order chi connectivity index (χ0) is 11.9. The highest BCUT2D eigenvalue weighted by atomic mass is 16.1. The van der Waals surface area contributed by atoms with E-state index in [2.05, 4.69) is 11.1 Å². The maximum Gasteiger partial charge on any atom is 0.120 e. The number of hydrogen-bond acceptors (Lipinski definition) is 2. The third-order valence-corrected chi connectivity index (χ3v) is 3.88. The van der Waals surface area contributed by atoms with Gasteiger partial charge in [-0.05, 0) is 42.7 Å². The van der Waals surface area contributed by atoms with E-state index in [1.807, 2.05) is 18.5 Å². The Morgan fingerprint density at radius 3 is 2.82 bits per heavy atom. The van der Waals surface area contributed by atoms with Gasteiger partial charge in [0.05, 0.1) is 0 Å². The Kier molecular flexibility index (Phi) is 4.72. The van der Waals surface area contributed by atoms with Crippen molar-refractivity contribution < 1.29 is 4.79 Å². The van der Waals surface area contributed by atoms with Crippen LogP contribution in [0.15, 0.2) is 24.5 Å². The van der Waals surface area contributed by atoms with Crippen molar-refractivity contribution in [3.05, 3.63) is 30.1 Å². The van der Waals surface area contributed by atoms with E-state index in [1.165, 1.54) is 37.7 Å². The zero-order valence-electron chi connectivity index (χ0n) is 10.3. The molecule has 2 atom stereocenters. The normalized spacial score (nSPS) is 25.2. The molecule has 1 fully saturated rings. The van der Waals surface area contributed by atoms with E-state index in [9.17, 15) is 4.79 Å². The molecule has 1 aliphatic rings. The molecule has 0 N–H and O–H groups in total. The Balaban J connectivity index is 1.84. The predicted molar refractivity (Wildman–Crippen MR) is 68.7 cm³/mol. The summed E-state index contributed by atoms with van der Waals surface area (Å²) in [4.78, 5) is 14.7. The number of aromatic nitrogens is 1. The van der Waals surface area contributed by atoms with Gasteiger partial charge in [-0.1, -0.05) is 25.3 Å². The van der Waals surface area contributed by atoms with Gasteiger partial charge in [0, 0.05) is 18.8 Å². The van der Waals surface area contributed by atoms with Gasteiger partial charge in [0.1, 0.15) is 6.29 Å². The van der Waals surface area contributed by atoms with Crippen molar-refractivity contribution in [1.29, 1.82) is 0 Å². The molecule has 2 nitrogen and oxygen atoms in total. The predicted octanol–water partition coefficient (Wildman–Crippen LogP) is 3.41. The number of carbonyl (C=O) groups is 1. The lowest BCUT2D eigenvalue weighted by molar-refractivity contribution is -0.108. The first-order valence-corrected chi connectivity index (χ1v) is 6.71. The molecule has 0 radical (unpaired) electrons. The van der Waals surface area contributed by atoms with Crippen molar-refractivity contribution in [2.45, 2.75) is 44.9 Å². The molecule has 2 heteroatoms. The molecule has 0 bridgehead atoms. The fourth-order valence-corrected chi connectivity index (χ4v) is 2.88. The summed E-state index contributed by atoms with van der Waals surface area (Å²) in [5, 5.41) is 0. The average molecular weight is 231 g/mol. The van der Waals surface area contributed by atoms with Gasteiger partial charge in [-0.3, -0.25) is 4.98 Å². The highest BCUT2D eigenvalue weighted by molar-refractivity contribution is 5.49. The monoisotopic (exact) mass is 231 g/mol. The van der Waals surface area contributed by atoms with Crippen LogP contribution in [0.3, 0.4) is 0 Å². The molecule has 17 heavy (non-hydrogen) atoms. The van der Waals surface area contributed by atoms with Crippen LogP contribution in [-0.2, 0) is 11.2 Å². The second kappa shape index (κ2) is 6.53. The Hall–Kier alpha value is -1.18. The first-order valence-electron chi connectivity index (χ1n) is 6.71. The lowest BCUT2D eigenvalue weighted by Gasteiger charge is -2.14. The molecule has 1 aromatic rings. The summed E-state index contributed by atoms with van der Waals surface area (Å²) < 4.78 is 0. The Bertz CT molecular complexity index is 336. The molecule has 1 aliphatic carbocycles. The van der Waals surface area contributed by atoms with E-state index >= 15 is 0 Å². The minimum Gasteiger partial charge on any atom is -0.303 e. The smallest absolute Gasteiger partial charge is 0.120 e. The van der Waals surface area contributed by atoms with Crippen LogP contribution in [0.25, 0.3) is 0 Å². The van der Waals surface area contributed by atoms with Crippen molar-refractivity contribution in [2.75, 3.05) is 0 Å². The van der Waals surface area contributed by atoms with Gasteiger partial charge in [0.15, 0.2) is 0 Å². The summed E-state index contributed by atoms with van der Waals surface area (Å²) in [5.74, 6) is 1.43. The lowest BCUT2D eigenvalue weighted by atomic mass is 9.92. The number of hydrogen-bond donors (Lipinski definition) is 0. The standard InChI is InChI=1S/C15H21NO/c17-10-8-13-3-1-4-14(7-6-13)11-15-5-2-9-16-12-15/h2,5,9-10,12-14H,1,3-4,6-8,11H2. The van der Waals surface area contributed by atoms with Crippen molar-refractivity contribution in [1.82, 2.24) is 4.98 Å². The van der Waals surface area contributed by atoms with E-state index < -0.39 is 0 Å². The van der Waals surface area contributed by atoms with Gasteiger partial charge in [-0.2, -0.15) is 0 Å². The van der Waals surface area contributed by atoms with Crippen LogP contribution in [0.5, 0.6) is 0 Å². The van der Waals surface area contributed by atoms with Crippen LogP contribution in [0, 0.1) is 11.8 Å². The van der Waals surface area contributed by atoms with Crippen molar-refractivity contribution in [3.8, 4) is 0 Å². The fourth-order valence-electron chi connectivity index (χ4n) is 2.88. The molecule has 1 saturated carbocycles. The van der Waals surface area contributed by atoms with Gasteiger partial charge in [0.25, 0.3) is 0 Å². The number of nitrogens with zero attached hydrogens (tertiary/aromatic N) is 1. The first kappa shape index (κ1) is 12.3. The molecule has 0 saturated heterocycles. The molecular formula is C15H21NO. The Morgan fingerprint density at radius 2 is 2.06 bits per heavy atom. The van der Waals surface area contributed by atoms with Gasteiger partial charge in [-0.25, -0.2) is 0 Å². The quantitative estimate of drug-likeness (QED) is 0.587. The van der Waals surface area contributed by atoms with Gasteiger partial charge >= 0.3 is 0 Å². The van der Waals surface area contributed by atoms with E-state index in [-0.39, 0.29) is 0 Å². The van der Waals surface area contributed by atoms with Crippen LogP contribution in [0.1, 0.15) is 44.1 Å². The Labute approximate surface area is 103 Å². The van der Waals surface area contributed by atoms with E-state index in [0.29, 0.717) is 5.92 Å². The van der Waals surface area contributed by atoms with Gasteiger partial charge in [0.2, 0.25) is 0 Å². The molecule has 0 aliphatic heterocycles. The van der Waals surface area contributed by atoms with Gasteiger partial charge in [-0.15, -0.1) is 0 Å². The average Bonchev–Trinajstić information content (AvgIpc) is 2.57. The van der Waals surface area contributed by atoms with Gasteiger partial charge < -0.3 is 4.79 Å². The molecule has 2 unspecified atom stereocenters. The van der Waals surface area contributed by atoms with E-state index in [4.69, 9.17) is 0 Å². The maximum absolute atomic E-state index is 10.5. The second-order valence-corrected chi connectivity index (χ2v) is 5.21. The third-order valence-electron chi connectivity index (χ3n) is 3.88. The minimum absolute atomic E-state index is 0.645. The summed E-state index contributed by atoms with van der Waals surface area (Å²) in [5.41, 5.74) is 1.35. The largest absolute Gasteiger partial charge is 0.303 e. The number of rotatable bonds is 4. The van der Waals surface area contributed by atoms with E-state index in [0.717, 1.165) is 25.0 Å². The molecule has 1 aromatic heterocycles. The number of aldehydes is 1. The number of carbonyl (C=O) groups excluding carboxylic acids is 1. The highest BCUT2D eigenvalue weighted by Crippen LogP contribution is 2.30. The highest BCUT2D eigenvalue weighted by Gasteiger charge is 2.18. The van der Waals surface area contributed by atoms with Crippen molar-refractivity contribution in [2.24, 2.45) is 11.8 Å². The van der Waals surface area contributed by atoms with Crippen LogP contribution < -0.4 is 0 Å².